The zero-order valence-corrected chi connectivity index (χ0v) is 15.5. The van der Waals surface area contributed by atoms with Crippen LogP contribution in [0.25, 0.3) is 0 Å². The van der Waals surface area contributed by atoms with Crippen molar-refractivity contribution in [1.29, 1.82) is 0 Å². The number of hydrogen-bond acceptors (Lipinski definition) is 6. The highest BCUT2D eigenvalue weighted by Crippen LogP contribution is 2.29. The molecule has 1 fully saturated rings. The maximum Gasteiger partial charge on any atom is 0.262 e. The molecule has 2 unspecified atom stereocenters. The lowest BCUT2D eigenvalue weighted by molar-refractivity contribution is -0.136. The number of imide groups is 2. The first-order valence-corrected chi connectivity index (χ1v) is 9.14. The molecule has 0 spiro atoms. The van der Waals surface area contributed by atoms with Crippen LogP contribution in [0.5, 0.6) is 0 Å². The molecular formula is C19H24N4O4. The van der Waals surface area contributed by atoms with Crippen LogP contribution in [0.1, 0.15) is 53.8 Å². The van der Waals surface area contributed by atoms with Crippen molar-refractivity contribution in [2.45, 2.75) is 45.2 Å². The summed E-state index contributed by atoms with van der Waals surface area (Å²) in [5.74, 6) is -1.56. The molecule has 2 aliphatic heterocycles. The Morgan fingerprint density at radius 2 is 1.89 bits per heavy atom. The number of nitrogens with two attached hydrogens (primary N) is 1. The number of nitrogens with one attached hydrogen (secondary N) is 2. The number of benzene rings is 1. The van der Waals surface area contributed by atoms with Crippen molar-refractivity contribution in [2.24, 2.45) is 11.7 Å². The van der Waals surface area contributed by atoms with Gasteiger partial charge in [0, 0.05) is 24.7 Å². The molecule has 0 saturated carbocycles. The summed E-state index contributed by atoms with van der Waals surface area (Å²) in [4.78, 5) is 49.9. The van der Waals surface area contributed by atoms with E-state index in [1.54, 1.807) is 18.2 Å². The molecule has 1 aromatic rings. The van der Waals surface area contributed by atoms with Crippen LogP contribution in [0.15, 0.2) is 18.2 Å². The van der Waals surface area contributed by atoms with E-state index in [-0.39, 0.29) is 30.0 Å². The second-order valence-corrected chi connectivity index (χ2v) is 7.41. The maximum absolute atomic E-state index is 12.8. The third-order valence-corrected chi connectivity index (χ3v) is 4.85. The summed E-state index contributed by atoms with van der Waals surface area (Å²) in [6.45, 7) is 4.66. The second-order valence-electron chi connectivity index (χ2n) is 7.41. The van der Waals surface area contributed by atoms with Crippen molar-refractivity contribution in [3.05, 3.63) is 29.3 Å². The van der Waals surface area contributed by atoms with Crippen molar-refractivity contribution in [2.75, 3.05) is 11.9 Å². The summed E-state index contributed by atoms with van der Waals surface area (Å²) in [6, 6.07) is 4.06. The van der Waals surface area contributed by atoms with E-state index in [1.165, 1.54) is 0 Å². The number of fused-ring (bicyclic) bond motifs is 1. The van der Waals surface area contributed by atoms with E-state index in [0.29, 0.717) is 18.2 Å². The molecule has 1 aromatic carbocycles. The minimum atomic E-state index is -0.954. The van der Waals surface area contributed by atoms with Gasteiger partial charge in [-0.1, -0.05) is 13.8 Å². The molecule has 0 aromatic heterocycles. The lowest BCUT2D eigenvalue weighted by Crippen LogP contribution is -2.54. The molecular weight excluding hydrogens is 348 g/mol. The van der Waals surface area contributed by atoms with Crippen LogP contribution in [0, 0.1) is 5.92 Å². The van der Waals surface area contributed by atoms with Gasteiger partial charge in [0.25, 0.3) is 11.8 Å². The van der Waals surface area contributed by atoms with Crippen LogP contribution >= 0.6 is 0 Å². The number of piperidine rings is 1. The molecule has 3 rings (SSSR count). The third kappa shape index (κ3) is 3.71. The second kappa shape index (κ2) is 7.48. The zero-order valence-electron chi connectivity index (χ0n) is 15.5. The molecule has 2 aliphatic rings. The Morgan fingerprint density at radius 1 is 1.19 bits per heavy atom. The molecule has 0 radical (unpaired) electrons. The van der Waals surface area contributed by atoms with Gasteiger partial charge in [-0.25, -0.2) is 0 Å². The smallest absolute Gasteiger partial charge is 0.262 e. The molecule has 1 saturated heterocycles. The van der Waals surface area contributed by atoms with E-state index in [4.69, 9.17) is 5.73 Å². The third-order valence-electron chi connectivity index (χ3n) is 4.85. The summed E-state index contributed by atoms with van der Waals surface area (Å²) in [5, 5.41) is 5.49. The van der Waals surface area contributed by atoms with Crippen molar-refractivity contribution in [3.63, 3.8) is 0 Å². The maximum atomic E-state index is 12.8. The van der Waals surface area contributed by atoms with Crippen molar-refractivity contribution in [1.82, 2.24) is 10.2 Å². The molecule has 4 N–H and O–H groups in total. The standard InChI is InChI=1S/C19H24N4O4/c1-10(2)7-12(9-20)21-11-3-4-13-14(8-11)19(27)23(18(13)26)15-5-6-16(24)22-17(15)25/h3-4,8,10,12,15,21H,5-7,9,20H2,1-2H3,(H,22,24,25). The normalized spacial score (nSPS) is 20.7. The fourth-order valence-electron chi connectivity index (χ4n) is 3.58. The van der Waals surface area contributed by atoms with Gasteiger partial charge in [0.1, 0.15) is 6.04 Å². The number of carbonyl (C=O) groups excluding carboxylic acids is 4. The molecule has 2 heterocycles. The van der Waals surface area contributed by atoms with Gasteiger partial charge in [0.05, 0.1) is 11.1 Å². The quantitative estimate of drug-likeness (QED) is 0.637. The van der Waals surface area contributed by atoms with Crippen LogP contribution in [0.4, 0.5) is 5.69 Å². The van der Waals surface area contributed by atoms with Crippen LogP contribution < -0.4 is 16.4 Å². The average Bonchev–Trinajstić information content (AvgIpc) is 2.85. The van der Waals surface area contributed by atoms with Crippen LogP contribution in [0.3, 0.4) is 0 Å². The van der Waals surface area contributed by atoms with Gasteiger partial charge in [-0.3, -0.25) is 29.4 Å². The predicted octanol–water partition coefficient (Wildman–Crippen LogP) is 0.873. The Bertz CT molecular complexity index is 805. The number of nitrogens with zero attached hydrogens (tertiary/aromatic N) is 1. The number of anilines is 1. The lowest BCUT2D eigenvalue weighted by atomic mass is 10.0. The molecule has 0 aliphatic carbocycles. The van der Waals surface area contributed by atoms with E-state index in [2.05, 4.69) is 24.5 Å². The molecule has 27 heavy (non-hydrogen) atoms. The van der Waals surface area contributed by atoms with Crippen molar-refractivity contribution < 1.29 is 19.2 Å². The van der Waals surface area contributed by atoms with Crippen LogP contribution in [-0.2, 0) is 9.59 Å². The Hall–Kier alpha value is -2.74. The summed E-state index contributed by atoms with van der Waals surface area (Å²) in [7, 11) is 0. The van der Waals surface area contributed by atoms with Gasteiger partial charge in [-0.15, -0.1) is 0 Å². The Balaban J connectivity index is 1.82. The van der Waals surface area contributed by atoms with Crippen molar-refractivity contribution in [3.8, 4) is 0 Å². The van der Waals surface area contributed by atoms with E-state index in [1.807, 2.05) is 0 Å². The predicted molar refractivity (Wildman–Crippen MR) is 99.0 cm³/mol. The van der Waals surface area contributed by atoms with E-state index < -0.39 is 29.7 Å². The topological polar surface area (TPSA) is 122 Å². The molecule has 8 heteroatoms. The fraction of sp³-hybridized carbons (Fsp3) is 0.474. The number of rotatable bonds is 6. The summed E-state index contributed by atoms with van der Waals surface area (Å²) < 4.78 is 0. The Morgan fingerprint density at radius 3 is 2.52 bits per heavy atom. The molecule has 4 amide bonds. The van der Waals surface area contributed by atoms with Gasteiger partial charge in [-0.2, -0.15) is 0 Å². The highest BCUT2D eigenvalue weighted by molar-refractivity contribution is 6.23. The van der Waals surface area contributed by atoms with Crippen LogP contribution in [-0.4, -0.2) is 47.2 Å². The van der Waals surface area contributed by atoms with E-state index in [9.17, 15) is 19.2 Å². The Labute approximate surface area is 157 Å². The van der Waals surface area contributed by atoms with Crippen molar-refractivity contribution >= 4 is 29.3 Å². The minimum absolute atomic E-state index is 0.0569. The van der Waals surface area contributed by atoms with Gasteiger partial charge in [0.15, 0.2) is 0 Å². The molecule has 8 nitrogen and oxygen atoms in total. The Kier molecular flexibility index (Phi) is 5.27. The molecule has 2 atom stereocenters. The first-order chi connectivity index (χ1) is 12.8. The monoisotopic (exact) mass is 372 g/mol. The van der Waals surface area contributed by atoms with E-state index >= 15 is 0 Å². The molecule has 0 bridgehead atoms. The van der Waals surface area contributed by atoms with Gasteiger partial charge in [0.2, 0.25) is 11.8 Å². The minimum Gasteiger partial charge on any atom is -0.381 e. The average molecular weight is 372 g/mol. The van der Waals surface area contributed by atoms with Gasteiger partial charge < -0.3 is 11.1 Å². The number of hydrogen-bond donors (Lipinski definition) is 3. The first-order valence-electron chi connectivity index (χ1n) is 9.14. The SMILES string of the molecule is CC(C)CC(CN)Nc1ccc2c(c1)C(=O)N(C1CCC(=O)NC1=O)C2=O. The van der Waals surface area contributed by atoms with Gasteiger partial charge in [-0.05, 0) is 37.0 Å². The van der Waals surface area contributed by atoms with Gasteiger partial charge >= 0.3 is 0 Å². The highest BCUT2D eigenvalue weighted by Gasteiger charge is 2.44. The fourth-order valence-corrected chi connectivity index (χ4v) is 3.58. The first kappa shape index (κ1) is 19.0. The molecule has 144 valence electrons. The van der Waals surface area contributed by atoms with E-state index in [0.717, 1.165) is 11.3 Å². The number of carbonyl (C=O) groups is 4. The summed E-state index contributed by atoms with van der Waals surface area (Å²) in [6.07, 6.45) is 1.12. The summed E-state index contributed by atoms with van der Waals surface area (Å²) in [5.41, 5.74) is 7.04. The van der Waals surface area contributed by atoms with Crippen LogP contribution in [0.2, 0.25) is 0 Å². The zero-order chi connectivity index (χ0) is 19.7. The highest BCUT2D eigenvalue weighted by atomic mass is 16.2. The lowest BCUT2D eigenvalue weighted by Gasteiger charge is -2.27. The summed E-state index contributed by atoms with van der Waals surface area (Å²) >= 11 is 0. The largest absolute Gasteiger partial charge is 0.381 e. The number of amides is 4.